The first-order chi connectivity index (χ1) is 9.71. The van der Waals surface area contributed by atoms with Crippen LogP contribution in [0, 0.1) is 0 Å². The van der Waals surface area contributed by atoms with Gasteiger partial charge in [-0.15, -0.1) is 0 Å². The lowest BCUT2D eigenvalue weighted by Crippen LogP contribution is -2.15. The molecular formula is C11H18N8O. The first kappa shape index (κ1) is 14.0. The van der Waals surface area contributed by atoms with Crippen LogP contribution in [-0.2, 0) is 13.5 Å². The van der Waals surface area contributed by atoms with Gasteiger partial charge >= 0.3 is 6.01 Å². The summed E-state index contributed by atoms with van der Waals surface area (Å²) in [6, 6.07) is 2.20. The number of ether oxygens (including phenoxy) is 1. The predicted octanol–water partition coefficient (Wildman–Crippen LogP) is -0.0560. The molecule has 0 aliphatic carbocycles. The Balaban J connectivity index is 1.95. The summed E-state index contributed by atoms with van der Waals surface area (Å²) in [7, 11) is 1.89. The highest BCUT2D eigenvalue weighted by molar-refractivity contribution is 5.34. The lowest BCUT2D eigenvalue weighted by Gasteiger charge is -2.07. The molecule has 108 valence electrons. The van der Waals surface area contributed by atoms with Crippen LogP contribution in [0.2, 0.25) is 0 Å². The molecule has 0 radical (unpaired) electrons. The van der Waals surface area contributed by atoms with Crippen LogP contribution < -0.4 is 21.3 Å². The molecule has 2 aromatic rings. The van der Waals surface area contributed by atoms with Crippen LogP contribution in [-0.4, -0.2) is 37.9 Å². The Morgan fingerprint density at radius 1 is 1.30 bits per heavy atom. The third-order valence-electron chi connectivity index (χ3n) is 2.45. The van der Waals surface area contributed by atoms with Gasteiger partial charge in [0, 0.05) is 26.2 Å². The van der Waals surface area contributed by atoms with Gasteiger partial charge in [-0.1, -0.05) is 0 Å². The largest absolute Gasteiger partial charge is 0.464 e. The van der Waals surface area contributed by atoms with Gasteiger partial charge in [0.25, 0.3) is 0 Å². The first-order valence-electron chi connectivity index (χ1n) is 6.29. The fourth-order valence-electron chi connectivity index (χ4n) is 1.59. The molecule has 2 heterocycles. The van der Waals surface area contributed by atoms with E-state index in [0.717, 1.165) is 12.1 Å². The average molecular weight is 278 g/mol. The molecule has 0 saturated heterocycles. The van der Waals surface area contributed by atoms with E-state index < -0.39 is 0 Å². The van der Waals surface area contributed by atoms with Crippen molar-refractivity contribution in [1.82, 2.24) is 24.7 Å². The Morgan fingerprint density at radius 2 is 2.10 bits per heavy atom. The predicted molar refractivity (Wildman–Crippen MR) is 74.2 cm³/mol. The Labute approximate surface area is 116 Å². The number of nitrogens with one attached hydrogen (secondary N) is 2. The third-order valence-corrected chi connectivity index (χ3v) is 2.45. The van der Waals surface area contributed by atoms with Crippen LogP contribution in [0.3, 0.4) is 0 Å². The number of nitrogen functional groups attached to an aromatic ring is 1. The minimum absolute atomic E-state index is 0.232. The number of nitrogens with two attached hydrogens (primary N) is 1. The second kappa shape index (κ2) is 6.66. The maximum atomic E-state index is 5.31. The van der Waals surface area contributed by atoms with Gasteiger partial charge in [0.2, 0.25) is 11.9 Å². The molecule has 0 bridgehead atoms. The van der Waals surface area contributed by atoms with Crippen molar-refractivity contribution in [2.75, 3.05) is 23.9 Å². The van der Waals surface area contributed by atoms with Crippen LogP contribution in [0.5, 0.6) is 6.01 Å². The molecule has 0 saturated carbocycles. The van der Waals surface area contributed by atoms with Crippen molar-refractivity contribution in [3.8, 4) is 6.01 Å². The van der Waals surface area contributed by atoms with Gasteiger partial charge in [0.1, 0.15) is 0 Å². The van der Waals surface area contributed by atoms with Gasteiger partial charge in [0.15, 0.2) is 0 Å². The fraction of sp³-hybridized carbons (Fsp3) is 0.455. The quantitative estimate of drug-likeness (QED) is 0.476. The van der Waals surface area contributed by atoms with E-state index in [4.69, 9.17) is 10.6 Å². The maximum absolute atomic E-state index is 5.31. The highest BCUT2D eigenvalue weighted by Crippen LogP contribution is 2.10. The molecule has 4 N–H and O–H groups in total. The fourth-order valence-corrected chi connectivity index (χ4v) is 1.59. The molecule has 2 aromatic heterocycles. The topological polar surface area (TPSA) is 116 Å². The second-order valence-corrected chi connectivity index (χ2v) is 4.00. The summed E-state index contributed by atoms with van der Waals surface area (Å²) in [4.78, 5) is 12.2. The lowest BCUT2D eigenvalue weighted by atomic mass is 10.3. The van der Waals surface area contributed by atoms with Crippen molar-refractivity contribution in [1.29, 1.82) is 0 Å². The van der Waals surface area contributed by atoms with E-state index >= 15 is 0 Å². The van der Waals surface area contributed by atoms with Crippen molar-refractivity contribution in [2.24, 2.45) is 12.9 Å². The van der Waals surface area contributed by atoms with E-state index in [0.29, 0.717) is 19.1 Å². The minimum atomic E-state index is 0.232. The molecule has 0 amide bonds. The maximum Gasteiger partial charge on any atom is 0.323 e. The van der Waals surface area contributed by atoms with Gasteiger partial charge in [0.05, 0.1) is 12.3 Å². The Morgan fingerprint density at radius 3 is 2.75 bits per heavy atom. The molecule has 20 heavy (non-hydrogen) atoms. The summed E-state index contributed by atoms with van der Waals surface area (Å²) in [6.07, 6.45) is 2.67. The number of anilines is 2. The molecule has 9 nitrogen and oxygen atoms in total. The van der Waals surface area contributed by atoms with E-state index in [1.54, 1.807) is 4.68 Å². The van der Waals surface area contributed by atoms with E-state index in [9.17, 15) is 0 Å². The van der Waals surface area contributed by atoms with Crippen molar-refractivity contribution in [2.45, 2.75) is 13.3 Å². The highest BCUT2D eigenvalue weighted by Gasteiger charge is 2.06. The van der Waals surface area contributed by atoms with Crippen LogP contribution in [0.4, 0.5) is 11.9 Å². The third kappa shape index (κ3) is 3.79. The molecule has 0 spiro atoms. The number of nitrogens with zero attached hydrogens (tertiary/aromatic N) is 5. The first-order valence-corrected chi connectivity index (χ1v) is 6.29. The average Bonchev–Trinajstić information content (AvgIpc) is 2.84. The van der Waals surface area contributed by atoms with Gasteiger partial charge in [-0.25, -0.2) is 5.84 Å². The molecule has 9 heteroatoms. The van der Waals surface area contributed by atoms with Crippen molar-refractivity contribution >= 4 is 11.9 Å². The molecule has 0 aromatic carbocycles. The molecule has 0 aliphatic heterocycles. The Kier molecular flexibility index (Phi) is 4.66. The van der Waals surface area contributed by atoms with Gasteiger partial charge in [-0.3, -0.25) is 10.1 Å². The van der Waals surface area contributed by atoms with E-state index in [1.807, 2.05) is 26.2 Å². The molecule has 0 atom stereocenters. The number of rotatable bonds is 7. The van der Waals surface area contributed by atoms with Gasteiger partial charge < -0.3 is 10.1 Å². The Bertz CT molecular complexity index is 555. The lowest BCUT2D eigenvalue weighted by molar-refractivity contribution is 0.312. The van der Waals surface area contributed by atoms with Crippen LogP contribution in [0.25, 0.3) is 0 Å². The van der Waals surface area contributed by atoms with E-state index in [2.05, 4.69) is 30.8 Å². The zero-order valence-corrected chi connectivity index (χ0v) is 11.5. The van der Waals surface area contributed by atoms with Crippen molar-refractivity contribution in [3.63, 3.8) is 0 Å². The molecule has 0 unspecified atom stereocenters. The number of hydrazine groups is 1. The number of hydrogen-bond donors (Lipinski definition) is 3. The summed E-state index contributed by atoms with van der Waals surface area (Å²) in [5, 5.41) is 7.38. The van der Waals surface area contributed by atoms with Crippen molar-refractivity contribution < 1.29 is 4.74 Å². The molecule has 0 fully saturated rings. The van der Waals surface area contributed by atoms with Crippen LogP contribution >= 0.6 is 0 Å². The van der Waals surface area contributed by atoms with Crippen LogP contribution in [0.15, 0.2) is 12.3 Å². The normalized spacial score (nSPS) is 10.3. The summed E-state index contributed by atoms with van der Waals surface area (Å²) >= 11 is 0. The standard InChI is InChI=1S/C11H18N8O/c1-3-20-11-15-9(14-10(16-11)17-12)13-6-4-8-5-7-19(2)18-8/h5,7H,3-4,6,12H2,1-2H3,(H2,13,14,15,16,17). The van der Waals surface area contributed by atoms with Crippen LogP contribution in [0.1, 0.15) is 12.6 Å². The van der Waals surface area contributed by atoms with E-state index in [-0.39, 0.29) is 12.0 Å². The number of aryl methyl sites for hydroxylation is 1. The zero-order chi connectivity index (χ0) is 14.4. The minimum Gasteiger partial charge on any atom is -0.464 e. The monoisotopic (exact) mass is 278 g/mol. The molecular weight excluding hydrogens is 260 g/mol. The molecule has 2 rings (SSSR count). The summed E-state index contributed by atoms with van der Waals surface area (Å²) in [5.41, 5.74) is 3.38. The summed E-state index contributed by atoms with van der Waals surface area (Å²) < 4.78 is 7.01. The second-order valence-electron chi connectivity index (χ2n) is 4.00. The summed E-state index contributed by atoms with van der Waals surface area (Å²) in [6.45, 7) is 2.98. The highest BCUT2D eigenvalue weighted by atomic mass is 16.5. The zero-order valence-electron chi connectivity index (χ0n) is 11.5. The van der Waals surface area contributed by atoms with Gasteiger partial charge in [-0.2, -0.15) is 20.1 Å². The number of hydrogen-bond acceptors (Lipinski definition) is 8. The van der Waals surface area contributed by atoms with Crippen molar-refractivity contribution in [3.05, 3.63) is 18.0 Å². The summed E-state index contributed by atoms with van der Waals surface area (Å²) in [5.74, 6) is 5.97. The van der Waals surface area contributed by atoms with E-state index in [1.165, 1.54) is 0 Å². The Hall–Kier alpha value is -2.42. The smallest absolute Gasteiger partial charge is 0.323 e. The molecule has 0 aliphatic rings. The van der Waals surface area contributed by atoms with Gasteiger partial charge in [-0.05, 0) is 13.0 Å². The number of aromatic nitrogens is 5. The SMILES string of the molecule is CCOc1nc(NN)nc(NCCc2ccn(C)n2)n1.